The van der Waals surface area contributed by atoms with Crippen LogP contribution in [0.4, 0.5) is 11.4 Å². The van der Waals surface area contributed by atoms with E-state index < -0.39 is 0 Å². The Kier molecular flexibility index (Phi) is 5.54. The van der Waals surface area contributed by atoms with Crippen LogP contribution in [0.25, 0.3) is 0 Å². The summed E-state index contributed by atoms with van der Waals surface area (Å²) in [5.74, 6) is -0.228. The van der Waals surface area contributed by atoms with Gasteiger partial charge in [-0.05, 0) is 60.9 Å². The number of aryl methyl sites for hydroxylation is 1. The third kappa shape index (κ3) is 4.41. The molecule has 5 heteroatoms. The second-order valence-corrected chi connectivity index (χ2v) is 6.55. The molecule has 0 spiro atoms. The predicted molar refractivity (Wildman–Crippen MR) is 107 cm³/mol. The highest BCUT2D eigenvalue weighted by atomic mass is 35.5. The van der Waals surface area contributed by atoms with Gasteiger partial charge in [0.2, 0.25) is 0 Å². The Morgan fingerprint density at radius 1 is 1.08 bits per heavy atom. The topological polar surface area (TPSA) is 54.0 Å². The fourth-order valence-corrected chi connectivity index (χ4v) is 2.67. The lowest BCUT2D eigenvalue weighted by atomic mass is 10.1. The first-order valence-corrected chi connectivity index (χ1v) is 8.72. The van der Waals surface area contributed by atoms with Crippen LogP contribution in [0.3, 0.4) is 0 Å². The summed E-state index contributed by atoms with van der Waals surface area (Å²) in [7, 11) is 0. The number of anilines is 2. The summed E-state index contributed by atoms with van der Waals surface area (Å²) in [5, 5.41) is 6.94. The van der Waals surface area contributed by atoms with Crippen LogP contribution in [0.1, 0.15) is 27.2 Å². The van der Waals surface area contributed by atoms with E-state index >= 15 is 0 Å². The van der Waals surface area contributed by atoms with Crippen molar-refractivity contribution < 1.29 is 4.79 Å². The fraction of sp³-hybridized carbons (Fsp3) is 0.143. The molecule has 0 aliphatic carbocycles. The minimum Gasteiger partial charge on any atom is -0.381 e. The van der Waals surface area contributed by atoms with Crippen LogP contribution in [-0.2, 0) is 6.54 Å². The van der Waals surface area contributed by atoms with Crippen molar-refractivity contribution in [3.63, 3.8) is 0 Å². The second kappa shape index (κ2) is 8.02. The Morgan fingerprint density at radius 2 is 1.85 bits per heavy atom. The highest BCUT2D eigenvalue weighted by molar-refractivity contribution is 6.30. The molecule has 0 saturated heterocycles. The number of rotatable bonds is 5. The van der Waals surface area contributed by atoms with Gasteiger partial charge in [-0.3, -0.25) is 9.78 Å². The van der Waals surface area contributed by atoms with Gasteiger partial charge in [0.25, 0.3) is 5.91 Å². The molecule has 0 bridgehead atoms. The van der Waals surface area contributed by atoms with Crippen molar-refractivity contribution in [2.24, 2.45) is 0 Å². The summed E-state index contributed by atoms with van der Waals surface area (Å²) in [4.78, 5) is 16.7. The molecule has 1 heterocycles. The molecule has 1 amide bonds. The first kappa shape index (κ1) is 18.0. The number of halogens is 1. The predicted octanol–water partition coefficient (Wildman–Crippen LogP) is 5.22. The number of carbonyl (C=O) groups is 1. The number of nitrogens with one attached hydrogen (secondary N) is 2. The number of hydrogen-bond donors (Lipinski definition) is 2. The lowest BCUT2D eigenvalue weighted by Gasteiger charge is -2.11. The van der Waals surface area contributed by atoms with Gasteiger partial charge in [-0.2, -0.15) is 0 Å². The first-order chi connectivity index (χ1) is 12.5. The monoisotopic (exact) mass is 365 g/mol. The van der Waals surface area contributed by atoms with Crippen LogP contribution < -0.4 is 10.6 Å². The van der Waals surface area contributed by atoms with Crippen LogP contribution in [0.15, 0.2) is 60.8 Å². The number of pyridine rings is 1. The lowest BCUT2D eigenvalue weighted by Crippen LogP contribution is -2.15. The van der Waals surface area contributed by atoms with E-state index in [0.29, 0.717) is 17.3 Å². The molecule has 0 unspecified atom stereocenters. The highest BCUT2D eigenvalue weighted by Gasteiger charge is 2.10. The summed E-state index contributed by atoms with van der Waals surface area (Å²) in [6.07, 6.45) is 1.63. The van der Waals surface area contributed by atoms with Crippen molar-refractivity contribution in [3.05, 3.63) is 88.2 Å². The molecule has 0 saturated carbocycles. The lowest BCUT2D eigenvalue weighted by molar-refractivity contribution is 0.102. The van der Waals surface area contributed by atoms with E-state index in [1.54, 1.807) is 12.3 Å². The molecule has 2 N–H and O–H groups in total. The normalized spacial score (nSPS) is 10.4. The van der Waals surface area contributed by atoms with Gasteiger partial charge in [-0.25, -0.2) is 0 Å². The number of carbonyl (C=O) groups excluding carboxylic acids is 1. The summed E-state index contributed by atoms with van der Waals surface area (Å²) in [6.45, 7) is 4.65. The molecule has 1 aromatic heterocycles. The summed E-state index contributed by atoms with van der Waals surface area (Å²) in [5.41, 5.74) is 5.30. The zero-order chi connectivity index (χ0) is 18.5. The average molecular weight is 366 g/mol. The van der Waals surface area contributed by atoms with Crippen LogP contribution in [0.2, 0.25) is 5.02 Å². The van der Waals surface area contributed by atoms with Gasteiger partial charge in [0, 0.05) is 29.1 Å². The van der Waals surface area contributed by atoms with Gasteiger partial charge >= 0.3 is 0 Å². The van der Waals surface area contributed by atoms with Crippen LogP contribution in [0, 0.1) is 13.8 Å². The van der Waals surface area contributed by atoms with Gasteiger partial charge in [0.15, 0.2) is 0 Å². The maximum absolute atomic E-state index is 12.5. The molecule has 2 aromatic carbocycles. The van der Waals surface area contributed by atoms with Crippen molar-refractivity contribution in [3.8, 4) is 0 Å². The van der Waals surface area contributed by atoms with Gasteiger partial charge in [0.05, 0.1) is 0 Å². The fourth-order valence-electron chi connectivity index (χ4n) is 2.54. The number of aromatic nitrogens is 1. The zero-order valence-corrected chi connectivity index (χ0v) is 15.5. The second-order valence-electron chi connectivity index (χ2n) is 6.11. The first-order valence-electron chi connectivity index (χ1n) is 8.35. The van der Waals surface area contributed by atoms with Crippen LogP contribution in [-0.4, -0.2) is 10.9 Å². The van der Waals surface area contributed by atoms with E-state index in [4.69, 9.17) is 11.6 Å². The van der Waals surface area contributed by atoms with Crippen LogP contribution in [0.5, 0.6) is 0 Å². The molecule has 3 rings (SSSR count). The molecular weight excluding hydrogens is 346 g/mol. The smallest absolute Gasteiger partial charge is 0.274 e. The summed E-state index contributed by atoms with van der Waals surface area (Å²) in [6, 6.07) is 17.1. The van der Waals surface area contributed by atoms with E-state index in [0.717, 1.165) is 28.1 Å². The number of amides is 1. The van der Waals surface area contributed by atoms with Crippen molar-refractivity contribution in [1.29, 1.82) is 0 Å². The van der Waals surface area contributed by atoms with Gasteiger partial charge in [-0.1, -0.05) is 35.9 Å². The maximum atomic E-state index is 12.5. The van der Waals surface area contributed by atoms with E-state index in [1.165, 1.54) is 0 Å². The molecule has 3 aromatic rings. The maximum Gasteiger partial charge on any atom is 0.274 e. The van der Waals surface area contributed by atoms with Crippen molar-refractivity contribution >= 4 is 28.9 Å². The minimum atomic E-state index is -0.228. The van der Waals surface area contributed by atoms with E-state index in [9.17, 15) is 4.79 Å². The number of nitrogens with zero attached hydrogens (tertiary/aromatic N) is 1. The van der Waals surface area contributed by atoms with Gasteiger partial charge in [0.1, 0.15) is 5.69 Å². The molecule has 0 aliphatic rings. The molecule has 4 nitrogen and oxygen atoms in total. The largest absolute Gasteiger partial charge is 0.381 e. The van der Waals surface area contributed by atoms with E-state index in [-0.39, 0.29) is 5.91 Å². The molecule has 0 fully saturated rings. The number of benzene rings is 2. The van der Waals surface area contributed by atoms with E-state index in [2.05, 4.69) is 15.6 Å². The average Bonchev–Trinajstić information content (AvgIpc) is 2.65. The molecular formula is C21H20ClN3O. The Bertz CT molecular complexity index is 923. The molecule has 0 aliphatic heterocycles. The van der Waals surface area contributed by atoms with Gasteiger partial charge < -0.3 is 10.6 Å². The summed E-state index contributed by atoms with van der Waals surface area (Å²) >= 11 is 5.90. The Morgan fingerprint density at radius 3 is 2.62 bits per heavy atom. The quantitative estimate of drug-likeness (QED) is 0.652. The van der Waals surface area contributed by atoms with Crippen molar-refractivity contribution in [1.82, 2.24) is 4.98 Å². The highest BCUT2D eigenvalue weighted by Crippen LogP contribution is 2.19. The Hall–Kier alpha value is -2.85. The standard InChI is InChI=1S/C21H20ClN3O/c1-14-4-3-5-19(15(14)2)25-21(26)20-12-18(10-11-23-20)24-13-16-6-8-17(22)9-7-16/h3-12H,13H2,1-2H3,(H,23,24)(H,25,26). The zero-order valence-electron chi connectivity index (χ0n) is 14.7. The molecule has 132 valence electrons. The number of hydrogen-bond acceptors (Lipinski definition) is 3. The van der Waals surface area contributed by atoms with Crippen molar-refractivity contribution in [2.45, 2.75) is 20.4 Å². The van der Waals surface area contributed by atoms with E-state index in [1.807, 2.05) is 62.4 Å². The Labute approximate surface area is 158 Å². The molecule has 0 radical (unpaired) electrons. The van der Waals surface area contributed by atoms with Crippen molar-refractivity contribution in [2.75, 3.05) is 10.6 Å². The minimum absolute atomic E-state index is 0.228. The third-order valence-corrected chi connectivity index (χ3v) is 4.51. The third-order valence-electron chi connectivity index (χ3n) is 4.26. The summed E-state index contributed by atoms with van der Waals surface area (Å²) < 4.78 is 0. The van der Waals surface area contributed by atoms with Gasteiger partial charge in [-0.15, -0.1) is 0 Å². The SMILES string of the molecule is Cc1cccc(NC(=O)c2cc(NCc3ccc(Cl)cc3)ccn2)c1C. The molecule has 0 atom stereocenters. The van der Waals surface area contributed by atoms with Crippen LogP contribution >= 0.6 is 11.6 Å². The molecule has 26 heavy (non-hydrogen) atoms. The Balaban J connectivity index is 1.69.